The van der Waals surface area contributed by atoms with Gasteiger partial charge < -0.3 is 5.32 Å². The lowest BCUT2D eigenvalue weighted by molar-refractivity contribution is -0.120. The van der Waals surface area contributed by atoms with Crippen LogP contribution >= 0.6 is 0 Å². The summed E-state index contributed by atoms with van der Waals surface area (Å²) in [6, 6.07) is 6.34. The van der Waals surface area contributed by atoms with Crippen LogP contribution in [0.2, 0.25) is 0 Å². The molecule has 0 aliphatic carbocycles. The maximum absolute atomic E-state index is 12.5. The van der Waals surface area contributed by atoms with E-state index in [-0.39, 0.29) is 16.8 Å². The Morgan fingerprint density at radius 3 is 2.04 bits per heavy atom. The van der Waals surface area contributed by atoms with E-state index in [1.807, 2.05) is 6.92 Å². The summed E-state index contributed by atoms with van der Waals surface area (Å²) >= 11 is 0. The van der Waals surface area contributed by atoms with Gasteiger partial charge in [0.25, 0.3) is 0 Å². The number of rotatable bonds is 5. The number of carbonyl (C=O) groups excluding carboxylic acids is 1. The van der Waals surface area contributed by atoms with E-state index in [9.17, 15) is 13.2 Å². The summed E-state index contributed by atoms with van der Waals surface area (Å²) in [6.45, 7) is 5.04. The van der Waals surface area contributed by atoms with Crippen molar-refractivity contribution in [3.63, 3.8) is 0 Å². The van der Waals surface area contributed by atoms with Gasteiger partial charge in [-0.1, -0.05) is 12.8 Å². The van der Waals surface area contributed by atoms with Crippen LogP contribution in [0, 0.1) is 0 Å². The molecule has 0 unspecified atom stereocenters. The standard InChI is InChI=1S/C19H29N3O3S/c1-16(21-12-4-2-3-5-13-21)19(23)20-17-8-10-18(11-9-17)26(24,25)22-14-6-7-15-22/h8-11,16H,2-7,12-15H2,1H3,(H,20,23)/t16-/m0/s1. The molecule has 1 aromatic carbocycles. The van der Waals surface area contributed by atoms with Gasteiger partial charge in [0.1, 0.15) is 0 Å². The van der Waals surface area contributed by atoms with Crippen LogP contribution in [0.1, 0.15) is 45.4 Å². The van der Waals surface area contributed by atoms with Crippen LogP contribution in [0.4, 0.5) is 5.69 Å². The van der Waals surface area contributed by atoms with Gasteiger partial charge in [-0.15, -0.1) is 0 Å². The quantitative estimate of drug-likeness (QED) is 0.854. The Labute approximate surface area is 156 Å². The minimum absolute atomic E-state index is 0.0398. The number of amides is 1. The summed E-state index contributed by atoms with van der Waals surface area (Å²) in [4.78, 5) is 15.1. The summed E-state index contributed by atoms with van der Waals surface area (Å²) in [6.07, 6.45) is 6.58. The van der Waals surface area contributed by atoms with E-state index in [0.717, 1.165) is 38.8 Å². The molecule has 1 atom stereocenters. The van der Waals surface area contributed by atoms with Crippen LogP contribution < -0.4 is 5.32 Å². The van der Waals surface area contributed by atoms with Crippen molar-refractivity contribution in [3.8, 4) is 0 Å². The summed E-state index contributed by atoms with van der Waals surface area (Å²) in [5, 5.41) is 2.92. The molecule has 0 bridgehead atoms. The number of nitrogens with one attached hydrogen (secondary N) is 1. The lowest BCUT2D eigenvalue weighted by atomic mass is 10.2. The SMILES string of the molecule is C[C@@H](C(=O)Nc1ccc(S(=O)(=O)N2CCCC2)cc1)N1CCCCCC1. The van der Waals surface area contributed by atoms with Crippen LogP contribution in [-0.4, -0.2) is 55.8 Å². The third-order valence-electron chi connectivity index (χ3n) is 5.39. The molecular weight excluding hydrogens is 350 g/mol. The summed E-state index contributed by atoms with van der Waals surface area (Å²) in [5.74, 6) is -0.0398. The zero-order valence-electron chi connectivity index (χ0n) is 15.5. The Morgan fingerprint density at radius 1 is 0.923 bits per heavy atom. The molecule has 0 saturated carbocycles. The van der Waals surface area contributed by atoms with Gasteiger partial charge in [-0.2, -0.15) is 4.31 Å². The molecule has 6 nitrogen and oxygen atoms in total. The smallest absolute Gasteiger partial charge is 0.243 e. The largest absolute Gasteiger partial charge is 0.325 e. The zero-order valence-corrected chi connectivity index (χ0v) is 16.3. The molecule has 1 amide bonds. The predicted molar refractivity (Wildman–Crippen MR) is 103 cm³/mol. The molecule has 0 spiro atoms. The molecule has 26 heavy (non-hydrogen) atoms. The number of sulfonamides is 1. The summed E-state index contributed by atoms with van der Waals surface area (Å²) in [5.41, 5.74) is 0.636. The van der Waals surface area contributed by atoms with E-state index in [1.54, 1.807) is 24.3 Å². The lowest BCUT2D eigenvalue weighted by Crippen LogP contribution is -2.42. The second-order valence-corrected chi connectivity index (χ2v) is 9.19. The zero-order chi connectivity index (χ0) is 18.6. The summed E-state index contributed by atoms with van der Waals surface area (Å²) < 4.78 is 26.6. The van der Waals surface area contributed by atoms with Crippen LogP contribution in [-0.2, 0) is 14.8 Å². The van der Waals surface area contributed by atoms with Crippen molar-refractivity contribution in [1.82, 2.24) is 9.21 Å². The number of hydrogen-bond donors (Lipinski definition) is 1. The number of likely N-dealkylation sites (tertiary alicyclic amines) is 1. The van der Waals surface area contributed by atoms with Gasteiger partial charge in [0, 0.05) is 18.8 Å². The average molecular weight is 380 g/mol. The van der Waals surface area contributed by atoms with E-state index in [2.05, 4.69) is 10.2 Å². The highest BCUT2D eigenvalue weighted by Gasteiger charge is 2.27. The number of nitrogens with zero attached hydrogens (tertiary/aromatic N) is 2. The van der Waals surface area contributed by atoms with Crippen molar-refractivity contribution in [3.05, 3.63) is 24.3 Å². The van der Waals surface area contributed by atoms with Crippen molar-refractivity contribution >= 4 is 21.6 Å². The molecule has 0 radical (unpaired) electrons. The van der Waals surface area contributed by atoms with Gasteiger partial charge in [0.2, 0.25) is 15.9 Å². The van der Waals surface area contributed by atoms with E-state index in [0.29, 0.717) is 18.8 Å². The summed E-state index contributed by atoms with van der Waals surface area (Å²) in [7, 11) is -3.41. The molecule has 7 heteroatoms. The molecule has 2 fully saturated rings. The maximum Gasteiger partial charge on any atom is 0.243 e. The van der Waals surface area contributed by atoms with Gasteiger partial charge in [0.15, 0.2) is 0 Å². The second-order valence-electron chi connectivity index (χ2n) is 7.25. The molecule has 1 aromatic rings. The van der Waals surface area contributed by atoms with Crippen LogP contribution in [0.15, 0.2) is 29.2 Å². The van der Waals surface area contributed by atoms with Crippen molar-refractivity contribution in [1.29, 1.82) is 0 Å². The molecule has 2 aliphatic heterocycles. The highest BCUT2D eigenvalue weighted by Crippen LogP contribution is 2.22. The first-order chi connectivity index (χ1) is 12.5. The Morgan fingerprint density at radius 2 is 1.46 bits per heavy atom. The van der Waals surface area contributed by atoms with Crippen LogP contribution in [0.25, 0.3) is 0 Å². The fourth-order valence-corrected chi connectivity index (χ4v) is 5.20. The number of carbonyl (C=O) groups is 1. The molecule has 2 heterocycles. The number of benzene rings is 1. The first-order valence-corrected chi connectivity index (χ1v) is 11.1. The van der Waals surface area contributed by atoms with Gasteiger partial charge in [-0.25, -0.2) is 8.42 Å². The number of anilines is 1. The molecule has 1 N–H and O–H groups in total. The van der Waals surface area contributed by atoms with Gasteiger partial charge in [-0.3, -0.25) is 9.69 Å². The molecule has 0 aromatic heterocycles. The Balaban J connectivity index is 1.62. The molecule has 2 saturated heterocycles. The first kappa shape index (κ1) is 19.3. The molecular formula is C19H29N3O3S. The maximum atomic E-state index is 12.5. The van der Waals surface area contributed by atoms with Crippen LogP contribution in [0.5, 0.6) is 0 Å². The van der Waals surface area contributed by atoms with Gasteiger partial charge in [-0.05, 0) is 70.0 Å². The third-order valence-corrected chi connectivity index (χ3v) is 7.31. The van der Waals surface area contributed by atoms with Crippen molar-refractivity contribution in [2.24, 2.45) is 0 Å². The lowest BCUT2D eigenvalue weighted by Gasteiger charge is -2.26. The molecule has 144 valence electrons. The van der Waals surface area contributed by atoms with Crippen molar-refractivity contribution in [2.45, 2.75) is 56.4 Å². The Bertz CT molecular complexity index is 704. The van der Waals surface area contributed by atoms with Crippen molar-refractivity contribution < 1.29 is 13.2 Å². The minimum atomic E-state index is -3.41. The molecule has 2 aliphatic rings. The normalized spacial score (nSPS) is 21.3. The first-order valence-electron chi connectivity index (χ1n) is 9.63. The topological polar surface area (TPSA) is 69.7 Å². The fourth-order valence-electron chi connectivity index (χ4n) is 3.68. The van der Waals surface area contributed by atoms with Crippen molar-refractivity contribution in [2.75, 3.05) is 31.5 Å². The van der Waals surface area contributed by atoms with E-state index < -0.39 is 10.0 Å². The highest BCUT2D eigenvalue weighted by atomic mass is 32.2. The van der Waals surface area contributed by atoms with E-state index >= 15 is 0 Å². The monoisotopic (exact) mass is 379 g/mol. The average Bonchev–Trinajstić information content (AvgIpc) is 3.06. The van der Waals surface area contributed by atoms with E-state index in [4.69, 9.17) is 0 Å². The third kappa shape index (κ3) is 4.45. The Kier molecular flexibility index (Phi) is 6.32. The number of hydrogen-bond acceptors (Lipinski definition) is 4. The van der Waals surface area contributed by atoms with E-state index in [1.165, 1.54) is 17.1 Å². The highest BCUT2D eigenvalue weighted by molar-refractivity contribution is 7.89. The van der Waals surface area contributed by atoms with Gasteiger partial charge >= 0.3 is 0 Å². The molecule has 3 rings (SSSR count). The van der Waals surface area contributed by atoms with Gasteiger partial charge in [0.05, 0.1) is 10.9 Å². The van der Waals surface area contributed by atoms with Crippen LogP contribution in [0.3, 0.4) is 0 Å². The minimum Gasteiger partial charge on any atom is -0.325 e. The fraction of sp³-hybridized carbons (Fsp3) is 0.632. The Hall–Kier alpha value is -1.44. The predicted octanol–water partition coefficient (Wildman–Crippen LogP) is 2.67. The second kappa shape index (κ2) is 8.50.